The molecule has 2 aliphatic rings. The zero-order valence-corrected chi connectivity index (χ0v) is 9.98. The number of hydrogen-bond donors (Lipinski definition) is 2. The van der Waals surface area contributed by atoms with Crippen LogP contribution >= 0.6 is 0 Å². The number of hydrogen-bond acceptors (Lipinski definition) is 3. The molecule has 0 spiro atoms. The van der Waals surface area contributed by atoms with Crippen molar-refractivity contribution in [2.75, 3.05) is 6.61 Å². The molecule has 0 bridgehead atoms. The van der Waals surface area contributed by atoms with Gasteiger partial charge in [0, 0.05) is 0 Å². The van der Waals surface area contributed by atoms with Crippen molar-refractivity contribution < 1.29 is 14.9 Å². The van der Waals surface area contributed by atoms with E-state index in [0.717, 1.165) is 25.7 Å². The minimum atomic E-state index is -0.963. The molecule has 0 aromatic rings. The zero-order valence-electron chi connectivity index (χ0n) is 9.98. The van der Waals surface area contributed by atoms with Gasteiger partial charge < -0.3 is 14.9 Å². The van der Waals surface area contributed by atoms with Crippen molar-refractivity contribution in [3.63, 3.8) is 0 Å². The van der Waals surface area contributed by atoms with Crippen LogP contribution in [0.2, 0.25) is 0 Å². The van der Waals surface area contributed by atoms with Gasteiger partial charge in [-0.1, -0.05) is 6.92 Å². The lowest BCUT2D eigenvalue weighted by molar-refractivity contribution is -0.106. The van der Waals surface area contributed by atoms with E-state index in [0.29, 0.717) is 31.1 Å². The second-order valence-electron chi connectivity index (χ2n) is 5.29. The predicted molar refractivity (Wildman–Crippen MR) is 61.9 cm³/mol. The van der Waals surface area contributed by atoms with E-state index in [1.165, 1.54) is 0 Å². The summed E-state index contributed by atoms with van der Waals surface area (Å²) in [6.07, 6.45) is 6.36. The summed E-state index contributed by atoms with van der Waals surface area (Å²) in [4.78, 5) is 0. The van der Waals surface area contributed by atoms with Crippen LogP contribution in [0, 0.1) is 5.92 Å². The third-order valence-electron chi connectivity index (χ3n) is 3.88. The summed E-state index contributed by atoms with van der Waals surface area (Å²) in [7, 11) is 0. The molecule has 0 amide bonds. The Hall–Kier alpha value is -0.540. The highest BCUT2D eigenvalue weighted by atomic mass is 16.5. The van der Waals surface area contributed by atoms with Crippen molar-refractivity contribution in [2.45, 2.75) is 57.2 Å². The van der Waals surface area contributed by atoms with Crippen LogP contribution in [0.4, 0.5) is 0 Å². The summed E-state index contributed by atoms with van der Waals surface area (Å²) in [5.74, 6) is 1.25. The van der Waals surface area contributed by atoms with Crippen LogP contribution < -0.4 is 0 Å². The molecule has 2 N–H and O–H groups in total. The number of aliphatic hydroxyl groups is 2. The fourth-order valence-corrected chi connectivity index (χ4v) is 2.57. The van der Waals surface area contributed by atoms with Gasteiger partial charge in [0.2, 0.25) is 0 Å². The molecule has 0 radical (unpaired) electrons. The highest BCUT2D eigenvalue weighted by molar-refractivity contribution is 5.10. The van der Waals surface area contributed by atoms with Gasteiger partial charge in [0.05, 0.1) is 12.2 Å². The van der Waals surface area contributed by atoms with Crippen LogP contribution in [0.25, 0.3) is 0 Å². The van der Waals surface area contributed by atoms with E-state index >= 15 is 0 Å². The van der Waals surface area contributed by atoms with Gasteiger partial charge in [-0.25, -0.2) is 0 Å². The molecule has 1 saturated carbocycles. The quantitative estimate of drug-likeness (QED) is 0.757. The highest BCUT2D eigenvalue weighted by Gasteiger charge is 2.41. The van der Waals surface area contributed by atoms with Crippen molar-refractivity contribution in [1.29, 1.82) is 0 Å². The molecule has 92 valence electrons. The van der Waals surface area contributed by atoms with Crippen LogP contribution in [0.1, 0.15) is 45.4 Å². The maximum Gasteiger partial charge on any atom is 0.139 e. The van der Waals surface area contributed by atoms with Crippen LogP contribution in [-0.4, -0.2) is 28.5 Å². The van der Waals surface area contributed by atoms with Gasteiger partial charge in [0.25, 0.3) is 0 Å². The lowest BCUT2D eigenvalue weighted by Gasteiger charge is -2.39. The molecule has 1 aliphatic carbocycles. The van der Waals surface area contributed by atoms with Crippen LogP contribution in [0.3, 0.4) is 0 Å². The number of rotatable bonds is 2. The van der Waals surface area contributed by atoms with Crippen molar-refractivity contribution in [2.24, 2.45) is 5.92 Å². The Balaban J connectivity index is 2.02. The molecule has 3 heteroatoms. The lowest BCUT2D eigenvalue weighted by atomic mass is 9.76. The minimum absolute atomic E-state index is 0.586. The maximum atomic E-state index is 10.4. The third-order valence-corrected chi connectivity index (χ3v) is 3.88. The molecule has 0 aromatic heterocycles. The van der Waals surface area contributed by atoms with Gasteiger partial charge in [-0.3, -0.25) is 0 Å². The summed E-state index contributed by atoms with van der Waals surface area (Å²) < 4.78 is 5.44. The number of ether oxygens (including phenoxy) is 1. The Kier molecular flexibility index (Phi) is 3.55. The van der Waals surface area contributed by atoms with Gasteiger partial charge >= 0.3 is 0 Å². The smallest absolute Gasteiger partial charge is 0.139 e. The van der Waals surface area contributed by atoms with Crippen molar-refractivity contribution in [3.8, 4) is 0 Å². The van der Waals surface area contributed by atoms with Crippen molar-refractivity contribution in [1.82, 2.24) is 0 Å². The average Bonchev–Trinajstić information content (AvgIpc) is 2.33. The monoisotopic (exact) mass is 226 g/mol. The van der Waals surface area contributed by atoms with Crippen LogP contribution in [-0.2, 0) is 4.74 Å². The van der Waals surface area contributed by atoms with E-state index in [-0.39, 0.29) is 0 Å². The van der Waals surface area contributed by atoms with E-state index in [1.807, 2.05) is 6.08 Å². The van der Waals surface area contributed by atoms with E-state index in [1.54, 1.807) is 0 Å². The Morgan fingerprint density at radius 3 is 2.69 bits per heavy atom. The Morgan fingerprint density at radius 1 is 1.44 bits per heavy atom. The van der Waals surface area contributed by atoms with E-state index < -0.39 is 11.7 Å². The molecule has 1 aliphatic heterocycles. The zero-order chi connectivity index (χ0) is 11.6. The Bertz CT molecular complexity index is 264. The van der Waals surface area contributed by atoms with E-state index in [4.69, 9.17) is 4.74 Å². The molecule has 2 rings (SSSR count). The molecule has 0 saturated heterocycles. The number of aliphatic hydroxyl groups excluding tert-OH is 1. The van der Waals surface area contributed by atoms with E-state index in [2.05, 4.69) is 6.92 Å². The summed E-state index contributed by atoms with van der Waals surface area (Å²) in [5.41, 5.74) is -0.963. The topological polar surface area (TPSA) is 49.7 Å². The fourth-order valence-electron chi connectivity index (χ4n) is 2.57. The first-order valence-corrected chi connectivity index (χ1v) is 6.35. The van der Waals surface area contributed by atoms with Crippen LogP contribution in [0.15, 0.2) is 11.8 Å². The third kappa shape index (κ3) is 2.41. The van der Waals surface area contributed by atoms with Crippen molar-refractivity contribution in [3.05, 3.63) is 11.8 Å². The van der Waals surface area contributed by atoms with Crippen LogP contribution in [0.5, 0.6) is 0 Å². The first-order valence-electron chi connectivity index (χ1n) is 6.35. The molecular formula is C13H22O3. The first kappa shape index (κ1) is 11.9. The summed E-state index contributed by atoms with van der Waals surface area (Å²) >= 11 is 0. The van der Waals surface area contributed by atoms with Gasteiger partial charge in [0.15, 0.2) is 0 Å². The van der Waals surface area contributed by atoms with Crippen molar-refractivity contribution >= 4 is 0 Å². The minimum Gasteiger partial charge on any atom is -0.495 e. The summed E-state index contributed by atoms with van der Waals surface area (Å²) in [6.45, 7) is 2.86. The van der Waals surface area contributed by atoms with Gasteiger partial charge in [-0.2, -0.15) is 0 Å². The van der Waals surface area contributed by atoms with E-state index in [9.17, 15) is 10.2 Å². The SMILES string of the molecule is CC1CCC(O)(C(O)C2=CCCCO2)CC1. The second-order valence-corrected chi connectivity index (χ2v) is 5.29. The molecule has 3 nitrogen and oxygen atoms in total. The van der Waals surface area contributed by atoms with Gasteiger partial charge in [0.1, 0.15) is 11.9 Å². The largest absolute Gasteiger partial charge is 0.495 e. The molecule has 16 heavy (non-hydrogen) atoms. The summed E-state index contributed by atoms with van der Waals surface area (Å²) in [5, 5.41) is 20.6. The highest BCUT2D eigenvalue weighted by Crippen LogP contribution is 2.37. The molecule has 1 fully saturated rings. The van der Waals surface area contributed by atoms with Gasteiger partial charge in [-0.05, 0) is 50.5 Å². The lowest BCUT2D eigenvalue weighted by Crippen LogP contribution is -2.46. The average molecular weight is 226 g/mol. The molecule has 1 unspecified atom stereocenters. The normalized spacial score (nSPS) is 37.4. The van der Waals surface area contributed by atoms with Gasteiger partial charge in [-0.15, -0.1) is 0 Å². The fraction of sp³-hybridized carbons (Fsp3) is 0.846. The first-order chi connectivity index (χ1) is 7.62. The molecule has 0 aromatic carbocycles. The Labute approximate surface area is 97.1 Å². The second kappa shape index (κ2) is 4.76. The standard InChI is InChI=1S/C13H22O3/c1-10-5-7-13(15,8-6-10)12(14)11-4-2-3-9-16-11/h4,10,12,14-15H,2-3,5-9H2,1H3. The summed E-state index contributed by atoms with van der Waals surface area (Å²) in [6, 6.07) is 0. The molecular weight excluding hydrogens is 204 g/mol. The maximum absolute atomic E-state index is 10.4. The predicted octanol–water partition coefficient (Wildman–Crippen LogP) is 1.98. The number of allylic oxidation sites excluding steroid dienone is 1. The molecule has 1 heterocycles. The Morgan fingerprint density at radius 2 is 2.12 bits per heavy atom. The molecule has 1 atom stereocenters.